The number of allylic oxidation sites excluding steroid dienone is 1. The van der Waals surface area contributed by atoms with Gasteiger partial charge in [0.2, 0.25) is 0 Å². The molecule has 0 heterocycles. The minimum Gasteiger partial charge on any atom is -0.462 e. The van der Waals surface area contributed by atoms with Gasteiger partial charge in [-0.05, 0) is 26.7 Å². The molecule has 0 radical (unpaired) electrons. The number of carbonyl (C=O) groups excluding carboxylic acids is 1. The Morgan fingerprint density at radius 2 is 0.844 bits per heavy atom. The lowest BCUT2D eigenvalue weighted by atomic mass is 10.0. The zero-order chi connectivity index (χ0) is 23.5. The van der Waals surface area contributed by atoms with E-state index in [0.29, 0.717) is 18.8 Å². The lowest BCUT2D eigenvalue weighted by molar-refractivity contribution is -0.139. The molecule has 0 spiro atoms. The molecule has 0 rings (SSSR count). The van der Waals surface area contributed by atoms with E-state index < -0.39 is 0 Å². The second kappa shape index (κ2) is 26.4. The summed E-state index contributed by atoms with van der Waals surface area (Å²) in [5, 5.41) is 8.75. The monoisotopic (exact) mass is 452 g/mol. The Balaban J connectivity index is 3.09. The molecule has 0 saturated heterocycles. The van der Waals surface area contributed by atoms with Crippen molar-refractivity contribution < 1.29 is 14.6 Å². The molecule has 0 saturated carbocycles. The summed E-state index contributed by atoms with van der Waals surface area (Å²) >= 11 is 0. The highest BCUT2D eigenvalue weighted by molar-refractivity contribution is 5.87. The van der Waals surface area contributed by atoms with E-state index in [-0.39, 0.29) is 5.97 Å². The van der Waals surface area contributed by atoms with Gasteiger partial charge in [-0.3, -0.25) is 0 Å². The quantitative estimate of drug-likeness (QED) is 0.0853. The van der Waals surface area contributed by atoms with E-state index in [9.17, 15) is 4.79 Å². The Morgan fingerprint density at radius 1 is 0.562 bits per heavy atom. The number of esters is 1. The smallest absolute Gasteiger partial charge is 0.333 e. The Bertz CT molecular complexity index is 417. The van der Waals surface area contributed by atoms with Crippen molar-refractivity contribution in [3.05, 3.63) is 11.6 Å². The van der Waals surface area contributed by atoms with Crippen LogP contribution in [0.15, 0.2) is 11.6 Å². The van der Waals surface area contributed by atoms with Gasteiger partial charge in [0.25, 0.3) is 0 Å². The fraction of sp³-hybridized carbons (Fsp3) is 0.897. The molecule has 1 N–H and O–H groups in total. The molecular weight excluding hydrogens is 396 g/mol. The van der Waals surface area contributed by atoms with Crippen LogP contribution in [0, 0.1) is 0 Å². The molecule has 32 heavy (non-hydrogen) atoms. The van der Waals surface area contributed by atoms with Crippen molar-refractivity contribution in [2.75, 3.05) is 13.2 Å². The maximum Gasteiger partial charge on any atom is 0.333 e. The first-order valence-electron chi connectivity index (χ1n) is 14.1. The first-order valence-corrected chi connectivity index (χ1v) is 14.1. The van der Waals surface area contributed by atoms with Crippen molar-refractivity contribution in [3.63, 3.8) is 0 Å². The fourth-order valence-corrected chi connectivity index (χ4v) is 4.15. The van der Waals surface area contributed by atoms with Crippen molar-refractivity contribution >= 4 is 5.97 Å². The fourth-order valence-electron chi connectivity index (χ4n) is 4.15. The van der Waals surface area contributed by atoms with Gasteiger partial charge >= 0.3 is 5.97 Å². The van der Waals surface area contributed by atoms with E-state index in [1.807, 2.05) is 6.92 Å². The molecule has 0 aliphatic heterocycles. The predicted octanol–water partition coefficient (Wildman–Crippen LogP) is 9.07. The Hall–Kier alpha value is -0.830. The molecule has 0 fully saturated rings. The number of hydrogen-bond acceptors (Lipinski definition) is 3. The molecule has 0 unspecified atom stereocenters. The molecule has 0 atom stereocenters. The van der Waals surface area contributed by atoms with Gasteiger partial charge in [-0.15, -0.1) is 0 Å². The van der Waals surface area contributed by atoms with Gasteiger partial charge in [0.15, 0.2) is 0 Å². The lowest BCUT2D eigenvalue weighted by Gasteiger charge is -2.05. The third-order valence-corrected chi connectivity index (χ3v) is 6.54. The third kappa shape index (κ3) is 23.8. The average Bonchev–Trinajstić information content (AvgIpc) is 2.81. The minimum absolute atomic E-state index is 0.166. The van der Waals surface area contributed by atoms with Crippen LogP contribution >= 0.6 is 0 Å². The summed E-state index contributed by atoms with van der Waals surface area (Å²) in [6.07, 6.45) is 31.2. The highest BCUT2D eigenvalue weighted by atomic mass is 16.5. The normalized spacial score (nSPS) is 11.8. The van der Waals surface area contributed by atoms with Crippen molar-refractivity contribution in [2.24, 2.45) is 0 Å². The number of aliphatic hydroxyl groups excluding tert-OH is 1. The average molecular weight is 453 g/mol. The molecular formula is C29H56O3. The number of aliphatic hydroxyl groups is 1. The van der Waals surface area contributed by atoms with Gasteiger partial charge in [0.1, 0.15) is 0 Å². The summed E-state index contributed by atoms with van der Waals surface area (Å²) in [6.45, 7) is 4.60. The minimum atomic E-state index is -0.166. The van der Waals surface area contributed by atoms with Crippen LogP contribution < -0.4 is 0 Å². The molecule has 3 nitrogen and oxygen atoms in total. The van der Waals surface area contributed by atoms with Gasteiger partial charge in [-0.1, -0.05) is 134 Å². The van der Waals surface area contributed by atoms with E-state index in [0.717, 1.165) is 12.8 Å². The van der Waals surface area contributed by atoms with Gasteiger partial charge in [0, 0.05) is 12.2 Å². The molecule has 0 bridgehead atoms. The molecule has 0 amide bonds. The van der Waals surface area contributed by atoms with Gasteiger partial charge in [-0.2, -0.15) is 0 Å². The third-order valence-electron chi connectivity index (χ3n) is 6.54. The first-order chi connectivity index (χ1) is 15.7. The first kappa shape index (κ1) is 31.2. The Morgan fingerprint density at radius 3 is 1.12 bits per heavy atom. The number of ether oxygens (including phenoxy) is 1. The summed E-state index contributed by atoms with van der Waals surface area (Å²) in [5.74, 6) is -0.166. The van der Waals surface area contributed by atoms with Crippen LogP contribution in [0.4, 0.5) is 0 Å². The number of carbonyl (C=O) groups is 1. The van der Waals surface area contributed by atoms with Crippen LogP contribution in [0.5, 0.6) is 0 Å². The molecule has 0 aliphatic rings. The molecule has 0 aromatic rings. The van der Waals surface area contributed by atoms with Crippen LogP contribution in [0.3, 0.4) is 0 Å². The van der Waals surface area contributed by atoms with Crippen LogP contribution in [-0.2, 0) is 9.53 Å². The van der Waals surface area contributed by atoms with Crippen molar-refractivity contribution in [3.8, 4) is 0 Å². The molecule has 0 aliphatic carbocycles. The topological polar surface area (TPSA) is 46.5 Å². The van der Waals surface area contributed by atoms with E-state index in [2.05, 4.69) is 0 Å². The molecule has 190 valence electrons. The maximum absolute atomic E-state index is 11.5. The van der Waals surface area contributed by atoms with Gasteiger partial charge < -0.3 is 9.84 Å². The number of unbranched alkanes of at least 4 members (excludes halogenated alkanes) is 21. The van der Waals surface area contributed by atoms with Crippen molar-refractivity contribution in [1.82, 2.24) is 0 Å². The van der Waals surface area contributed by atoms with Crippen LogP contribution in [0.25, 0.3) is 0 Å². The Labute approximate surface area is 200 Å². The summed E-state index contributed by atoms with van der Waals surface area (Å²) < 4.78 is 5.23. The van der Waals surface area contributed by atoms with E-state index in [4.69, 9.17) is 9.84 Å². The SMILES string of the molecule is CC=C(C)C(=O)OCCCCCCCCCCCCCCCCCCCCCCCCO. The largest absolute Gasteiger partial charge is 0.462 e. The van der Waals surface area contributed by atoms with Crippen LogP contribution in [-0.4, -0.2) is 24.3 Å². The highest BCUT2D eigenvalue weighted by Crippen LogP contribution is 2.15. The second-order valence-electron chi connectivity index (χ2n) is 9.61. The van der Waals surface area contributed by atoms with Gasteiger partial charge in [0.05, 0.1) is 6.61 Å². The Kier molecular flexibility index (Phi) is 25.7. The van der Waals surface area contributed by atoms with E-state index >= 15 is 0 Å². The summed E-state index contributed by atoms with van der Waals surface area (Å²) in [6, 6.07) is 0. The number of rotatable bonds is 25. The van der Waals surface area contributed by atoms with Gasteiger partial charge in [-0.25, -0.2) is 4.79 Å². The predicted molar refractivity (Wildman–Crippen MR) is 139 cm³/mol. The molecule has 0 aromatic carbocycles. The van der Waals surface area contributed by atoms with Crippen molar-refractivity contribution in [2.45, 2.75) is 155 Å². The van der Waals surface area contributed by atoms with Crippen LogP contribution in [0.1, 0.15) is 155 Å². The lowest BCUT2D eigenvalue weighted by Crippen LogP contribution is -2.06. The zero-order valence-electron chi connectivity index (χ0n) is 21.8. The summed E-state index contributed by atoms with van der Waals surface area (Å²) in [5.41, 5.74) is 0.702. The summed E-state index contributed by atoms with van der Waals surface area (Å²) in [4.78, 5) is 11.5. The standard InChI is InChI=1S/C29H56O3/c1-3-28(2)29(31)32-27-25-23-21-19-17-15-13-11-9-7-5-4-6-8-10-12-14-16-18-20-22-24-26-30/h3,30H,4-27H2,1-2H3. The van der Waals surface area contributed by atoms with E-state index in [1.165, 1.54) is 128 Å². The van der Waals surface area contributed by atoms with Crippen molar-refractivity contribution in [1.29, 1.82) is 0 Å². The second-order valence-corrected chi connectivity index (χ2v) is 9.61. The molecule has 0 aromatic heterocycles. The molecule has 3 heteroatoms. The van der Waals surface area contributed by atoms with E-state index in [1.54, 1.807) is 13.0 Å². The highest BCUT2D eigenvalue weighted by Gasteiger charge is 2.03. The summed E-state index contributed by atoms with van der Waals surface area (Å²) in [7, 11) is 0. The number of hydrogen-bond donors (Lipinski definition) is 1. The maximum atomic E-state index is 11.5. The van der Waals surface area contributed by atoms with Crippen LogP contribution in [0.2, 0.25) is 0 Å². The zero-order valence-corrected chi connectivity index (χ0v) is 21.8.